The Kier molecular flexibility index (Phi) is 21.0. The van der Waals surface area contributed by atoms with Crippen molar-refractivity contribution in [3.05, 3.63) is 101 Å². The van der Waals surface area contributed by atoms with Crippen molar-refractivity contribution in [2.45, 2.75) is 104 Å². The molecule has 0 aliphatic heterocycles. The fraction of sp³-hybridized carbons (Fsp3) is 0.543. The molecule has 3 unspecified atom stereocenters. The van der Waals surface area contributed by atoms with Crippen LogP contribution in [0.4, 0.5) is 0 Å². The van der Waals surface area contributed by atoms with Crippen LogP contribution >= 0.6 is 0 Å². The van der Waals surface area contributed by atoms with Gasteiger partial charge in [-0.15, -0.1) is 52.6 Å². The van der Waals surface area contributed by atoms with Crippen LogP contribution < -0.4 is 0 Å². The Hall–Kier alpha value is -2.20. The van der Waals surface area contributed by atoms with Gasteiger partial charge in [-0.05, 0) is 69.2 Å². The molecule has 0 bridgehead atoms. The highest BCUT2D eigenvalue weighted by molar-refractivity contribution is 5.11. The summed E-state index contributed by atoms with van der Waals surface area (Å²) in [5, 5.41) is 0. The third-order valence-corrected chi connectivity index (χ3v) is 6.42. The zero-order valence-corrected chi connectivity index (χ0v) is 27.0. The first-order chi connectivity index (χ1) is 17.4. The minimum Gasteiger partial charge on any atom is -0.292 e. The van der Waals surface area contributed by atoms with Gasteiger partial charge in [0.2, 0.25) is 0 Å². The molecule has 0 fully saturated rings. The Balaban J connectivity index is -0.000000494. The minimum absolute atomic E-state index is 0.0457. The molecule has 0 radical (unpaired) electrons. The molecule has 0 saturated heterocycles. The van der Waals surface area contributed by atoms with Crippen LogP contribution in [0.15, 0.2) is 101 Å². The average Bonchev–Trinajstić information content (AvgIpc) is 2.83. The van der Waals surface area contributed by atoms with Crippen molar-refractivity contribution in [3.8, 4) is 0 Å². The van der Waals surface area contributed by atoms with Gasteiger partial charge in [-0.2, -0.15) is 0 Å². The Labute approximate surface area is 239 Å². The molecule has 38 heavy (non-hydrogen) atoms. The second-order valence-corrected chi connectivity index (χ2v) is 11.7. The van der Waals surface area contributed by atoms with E-state index in [0.29, 0.717) is 18.1 Å². The van der Waals surface area contributed by atoms with Crippen molar-refractivity contribution >= 4 is 0 Å². The maximum atomic E-state index is 3.94. The third-order valence-electron chi connectivity index (χ3n) is 6.42. The van der Waals surface area contributed by atoms with E-state index in [1.807, 2.05) is 48.6 Å². The predicted octanol–water partition coefficient (Wildman–Crippen LogP) is 8.87. The summed E-state index contributed by atoms with van der Waals surface area (Å²) in [7, 11) is 0. The molecule has 0 aromatic rings. The van der Waals surface area contributed by atoms with Crippen LogP contribution in [-0.2, 0) is 0 Å². The fourth-order valence-corrected chi connectivity index (χ4v) is 4.90. The summed E-state index contributed by atoms with van der Waals surface area (Å²) in [6.07, 6.45) is 15.5. The molecule has 218 valence electrons. The van der Waals surface area contributed by atoms with Gasteiger partial charge >= 0.3 is 0 Å². The van der Waals surface area contributed by atoms with Gasteiger partial charge in [-0.1, -0.05) is 48.6 Å². The van der Waals surface area contributed by atoms with Crippen LogP contribution in [0.3, 0.4) is 0 Å². The molecule has 0 aromatic heterocycles. The molecule has 0 amide bonds. The highest BCUT2D eigenvalue weighted by Gasteiger charge is 2.41. The predicted molar refractivity (Wildman–Crippen MR) is 178 cm³/mol. The SMILES string of the molecule is C=CC(C)(C)N(C(C)(C)C)C(C)(C)C=C.C=CC(C)N(C(C)C=C)C(C)C=C.C=CCN(CC=C)CC=C. The van der Waals surface area contributed by atoms with Gasteiger partial charge in [0.05, 0.1) is 0 Å². The Morgan fingerprint density at radius 1 is 0.526 bits per heavy atom. The van der Waals surface area contributed by atoms with Gasteiger partial charge in [0.15, 0.2) is 0 Å². The first-order valence-electron chi connectivity index (χ1n) is 13.7. The molecule has 0 spiro atoms. The molecule has 0 aliphatic carbocycles. The highest BCUT2D eigenvalue weighted by Crippen LogP contribution is 2.34. The largest absolute Gasteiger partial charge is 0.292 e. The van der Waals surface area contributed by atoms with E-state index in [1.54, 1.807) is 0 Å². The first kappa shape index (κ1) is 40.3. The number of rotatable bonds is 16. The minimum atomic E-state index is -0.0457. The summed E-state index contributed by atoms with van der Waals surface area (Å²) in [5.74, 6) is 0. The van der Waals surface area contributed by atoms with Crippen molar-refractivity contribution in [1.82, 2.24) is 14.7 Å². The quantitative estimate of drug-likeness (QED) is 0.186. The van der Waals surface area contributed by atoms with Gasteiger partial charge in [0, 0.05) is 54.4 Å². The highest BCUT2D eigenvalue weighted by atomic mass is 15.3. The standard InChI is InChI=1S/C14H27N.C12H21N.C9H15N/c1-10-13(6,7)15(12(3,4)5)14(8,9)11-2;1-7-10(4)13(11(5)8-2)12(6)9-3;1-4-7-10(8-5-2)9-6-3/h10-11H,1-2H2,3-9H3;7-12H,1-3H2,4-6H3;4-6H,1-3,7-9H2. The van der Waals surface area contributed by atoms with E-state index in [1.165, 1.54) is 0 Å². The third kappa shape index (κ3) is 15.3. The summed E-state index contributed by atoms with van der Waals surface area (Å²) in [6.45, 7) is 54.8. The topological polar surface area (TPSA) is 9.72 Å². The molecule has 0 rings (SSSR count). The van der Waals surface area contributed by atoms with E-state index in [4.69, 9.17) is 0 Å². The lowest BCUT2D eigenvalue weighted by molar-refractivity contribution is -0.0118. The van der Waals surface area contributed by atoms with Crippen LogP contribution in [-0.4, -0.2) is 69.1 Å². The molecule has 3 heteroatoms. The molecule has 3 atom stereocenters. The van der Waals surface area contributed by atoms with Crippen LogP contribution in [0.1, 0.15) is 69.2 Å². The van der Waals surface area contributed by atoms with E-state index >= 15 is 0 Å². The summed E-state index contributed by atoms with van der Waals surface area (Å²) in [6, 6.07) is 1.04. The second-order valence-electron chi connectivity index (χ2n) is 11.7. The maximum absolute atomic E-state index is 3.94. The second kappa shape index (κ2) is 19.8. The monoisotopic (exact) mass is 526 g/mol. The molecule has 3 nitrogen and oxygen atoms in total. The summed E-state index contributed by atoms with van der Waals surface area (Å²) >= 11 is 0. The van der Waals surface area contributed by atoms with Gasteiger partial charge in [0.25, 0.3) is 0 Å². The summed E-state index contributed by atoms with van der Waals surface area (Å²) in [5.41, 5.74) is -0.0126. The van der Waals surface area contributed by atoms with Crippen molar-refractivity contribution in [2.75, 3.05) is 19.6 Å². The average molecular weight is 526 g/mol. The molecular formula is C35H63N3. The molecule has 0 heterocycles. The number of nitrogens with zero attached hydrogens (tertiary/aromatic N) is 3. The van der Waals surface area contributed by atoms with Gasteiger partial charge in [-0.3, -0.25) is 14.7 Å². The molecular weight excluding hydrogens is 462 g/mol. The summed E-state index contributed by atoms with van der Waals surface area (Å²) < 4.78 is 0. The molecule has 0 aromatic carbocycles. The van der Waals surface area contributed by atoms with Crippen LogP contribution in [0.25, 0.3) is 0 Å². The Morgan fingerprint density at radius 3 is 0.947 bits per heavy atom. The van der Waals surface area contributed by atoms with E-state index in [9.17, 15) is 0 Å². The first-order valence-corrected chi connectivity index (χ1v) is 13.7. The smallest absolute Gasteiger partial charge is 0.0345 e. The van der Waals surface area contributed by atoms with E-state index < -0.39 is 0 Å². The lowest BCUT2D eigenvalue weighted by atomic mass is 9.86. The van der Waals surface area contributed by atoms with E-state index in [2.05, 4.69) is 137 Å². The lowest BCUT2D eigenvalue weighted by Crippen LogP contribution is -2.61. The van der Waals surface area contributed by atoms with Crippen molar-refractivity contribution in [3.63, 3.8) is 0 Å². The van der Waals surface area contributed by atoms with Gasteiger partial charge in [-0.25, -0.2) is 0 Å². The van der Waals surface area contributed by atoms with Crippen LogP contribution in [0.2, 0.25) is 0 Å². The Bertz CT molecular complexity index is 658. The van der Waals surface area contributed by atoms with Crippen LogP contribution in [0, 0.1) is 0 Å². The summed E-state index contributed by atoms with van der Waals surface area (Å²) in [4.78, 5) is 6.94. The lowest BCUT2D eigenvalue weighted by Gasteiger charge is -2.53. The number of hydrogen-bond acceptors (Lipinski definition) is 3. The zero-order valence-electron chi connectivity index (χ0n) is 27.0. The normalized spacial score (nSPS) is 14.0. The zero-order chi connectivity index (χ0) is 30.7. The van der Waals surface area contributed by atoms with Gasteiger partial charge in [0.1, 0.15) is 0 Å². The van der Waals surface area contributed by atoms with E-state index in [-0.39, 0.29) is 16.6 Å². The maximum Gasteiger partial charge on any atom is 0.0345 e. The molecule has 0 saturated carbocycles. The van der Waals surface area contributed by atoms with Gasteiger partial charge < -0.3 is 0 Å². The van der Waals surface area contributed by atoms with Crippen molar-refractivity contribution in [2.24, 2.45) is 0 Å². The molecule has 0 N–H and O–H groups in total. The fourth-order valence-electron chi connectivity index (χ4n) is 4.90. The van der Waals surface area contributed by atoms with E-state index in [0.717, 1.165) is 19.6 Å². The van der Waals surface area contributed by atoms with Crippen molar-refractivity contribution < 1.29 is 0 Å². The van der Waals surface area contributed by atoms with Crippen LogP contribution in [0.5, 0.6) is 0 Å². The van der Waals surface area contributed by atoms with Crippen molar-refractivity contribution in [1.29, 1.82) is 0 Å². The Morgan fingerprint density at radius 2 is 0.789 bits per heavy atom. The molecule has 0 aliphatic rings. The number of hydrogen-bond donors (Lipinski definition) is 0.